The van der Waals surface area contributed by atoms with Gasteiger partial charge in [-0.1, -0.05) is 32.9 Å². The predicted molar refractivity (Wildman–Crippen MR) is 80.2 cm³/mol. The number of benzene rings is 1. The average Bonchev–Trinajstić information content (AvgIpc) is 2.26. The third-order valence-corrected chi connectivity index (χ3v) is 3.30. The minimum Gasteiger partial charge on any atom is -0.384 e. The maximum atomic E-state index is 11.7. The zero-order chi connectivity index (χ0) is 13.3. The van der Waals surface area contributed by atoms with Crippen LogP contribution in [0, 0.1) is 5.41 Å². The Balaban J connectivity index is 2.50. The van der Waals surface area contributed by atoms with Crippen molar-refractivity contribution in [2.45, 2.75) is 20.8 Å². The van der Waals surface area contributed by atoms with E-state index >= 15 is 0 Å². The van der Waals surface area contributed by atoms with Crippen molar-refractivity contribution < 1.29 is 0 Å². The highest BCUT2D eigenvalue weighted by Gasteiger charge is 2.11. The number of rotatable bonds is 2. The van der Waals surface area contributed by atoms with Gasteiger partial charge in [0.2, 0.25) is 0 Å². The Morgan fingerprint density at radius 1 is 1.33 bits per heavy atom. The van der Waals surface area contributed by atoms with E-state index in [0.717, 1.165) is 27.6 Å². The lowest BCUT2D eigenvalue weighted by molar-refractivity contribution is 0.443. The maximum absolute atomic E-state index is 11.7. The summed E-state index contributed by atoms with van der Waals surface area (Å²) in [5.41, 5.74) is 1.79. The van der Waals surface area contributed by atoms with Gasteiger partial charge in [-0.3, -0.25) is 4.79 Å². The summed E-state index contributed by atoms with van der Waals surface area (Å²) in [7, 11) is 0. The molecule has 2 aromatic rings. The number of aromatic nitrogens is 1. The minimum absolute atomic E-state index is 0.0918. The van der Waals surface area contributed by atoms with Gasteiger partial charge in [-0.25, -0.2) is 0 Å². The van der Waals surface area contributed by atoms with Crippen LogP contribution in [0.15, 0.2) is 33.5 Å². The second kappa shape index (κ2) is 4.76. The molecule has 0 saturated carbocycles. The van der Waals surface area contributed by atoms with Crippen molar-refractivity contribution in [3.8, 4) is 0 Å². The Labute approximate surface area is 115 Å². The maximum Gasteiger partial charge on any atom is 0.250 e. The van der Waals surface area contributed by atoms with Crippen LogP contribution in [0.5, 0.6) is 0 Å². The number of para-hydroxylation sites is 1. The topological polar surface area (TPSA) is 44.9 Å². The third kappa shape index (κ3) is 2.93. The van der Waals surface area contributed by atoms with Crippen molar-refractivity contribution in [1.82, 2.24) is 4.98 Å². The molecule has 4 heteroatoms. The lowest BCUT2D eigenvalue weighted by Gasteiger charge is -2.20. The van der Waals surface area contributed by atoms with Gasteiger partial charge in [0.25, 0.3) is 5.56 Å². The zero-order valence-corrected chi connectivity index (χ0v) is 12.4. The van der Waals surface area contributed by atoms with Gasteiger partial charge >= 0.3 is 0 Å². The molecule has 0 fully saturated rings. The molecule has 0 saturated heterocycles. The number of fused-ring (bicyclic) bond motifs is 1. The van der Waals surface area contributed by atoms with Crippen LogP contribution in [0.25, 0.3) is 10.9 Å². The van der Waals surface area contributed by atoms with Crippen molar-refractivity contribution in [1.29, 1.82) is 0 Å². The number of H-pyrrole nitrogens is 1. The summed E-state index contributed by atoms with van der Waals surface area (Å²) in [6.07, 6.45) is 0. The predicted octanol–water partition coefficient (Wildman–Crippen LogP) is 3.75. The molecule has 3 nitrogen and oxygen atoms in total. The molecule has 96 valence electrons. The number of halogens is 1. The second-order valence-electron chi connectivity index (χ2n) is 5.62. The van der Waals surface area contributed by atoms with E-state index in [2.05, 4.69) is 47.0 Å². The first-order valence-corrected chi connectivity index (χ1v) is 6.71. The van der Waals surface area contributed by atoms with Crippen LogP contribution < -0.4 is 10.9 Å². The molecule has 0 bridgehead atoms. The minimum atomic E-state index is -0.0918. The molecule has 0 aliphatic heterocycles. The van der Waals surface area contributed by atoms with Crippen LogP contribution >= 0.6 is 15.9 Å². The van der Waals surface area contributed by atoms with E-state index in [0.29, 0.717) is 0 Å². The van der Waals surface area contributed by atoms with Crippen molar-refractivity contribution >= 4 is 32.5 Å². The summed E-state index contributed by atoms with van der Waals surface area (Å²) in [6, 6.07) is 7.50. The normalized spacial score (nSPS) is 11.8. The Kier molecular flexibility index (Phi) is 3.48. The van der Waals surface area contributed by atoms with Crippen molar-refractivity contribution in [2.75, 3.05) is 11.9 Å². The number of hydrogen-bond donors (Lipinski definition) is 2. The molecule has 1 aromatic heterocycles. The van der Waals surface area contributed by atoms with Gasteiger partial charge in [0.15, 0.2) is 0 Å². The highest BCUT2D eigenvalue weighted by atomic mass is 79.9. The molecule has 18 heavy (non-hydrogen) atoms. The molecule has 0 atom stereocenters. The molecule has 0 aliphatic carbocycles. The van der Waals surface area contributed by atoms with E-state index < -0.39 is 0 Å². The molecule has 1 heterocycles. The van der Waals surface area contributed by atoms with Crippen LogP contribution in [0.3, 0.4) is 0 Å². The van der Waals surface area contributed by atoms with E-state index in [1.807, 2.05) is 18.2 Å². The molecule has 2 rings (SSSR count). The van der Waals surface area contributed by atoms with Crippen molar-refractivity contribution in [3.05, 3.63) is 39.1 Å². The van der Waals surface area contributed by atoms with Crippen LogP contribution in [-0.4, -0.2) is 11.5 Å². The lowest BCUT2D eigenvalue weighted by Crippen LogP contribution is -2.20. The van der Waals surface area contributed by atoms with Crippen molar-refractivity contribution in [3.63, 3.8) is 0 Å². The van der Waals surface area contributed by atoms with E-state index in [1.54, 1.807) is 6.07 Å². The molecule has 2 N–H and O–H groups in total. The summed E-state index contributed by atoms with van der Waals surface area (Å²) in [6.45, 7) is 7.29. The van der Waals surface area contributed by atoms with Gasteiger partial charge < -0.3 is 10.3 Å². The quantitative estimate of drug-likeness (QED) is 0.887. The first kappa shape index (κ1) is 13.1. The standard InChI is InChI=1S/C14H17BrN2O/c1-14(2,3)8-16-11-7-12(18)17-13-9(11)5-4-6-10(13)15/h4-7H,8H2,1-3H3,(H2,16,17,18). The van der Waals surface area contributed by atoms with E-state index in [-0.39, 0.29) is 11.0 Å². The number of pyridine rings is 1. The Bertz CT molecular complexity index is 626. The van der Waals surface area contributed by atoms with Gasteiger partial charge in [-0.2, -0.15) is 0 Å². The highest BCUT2D eigenvalue weighted by Crippen LogP contribution is 2.27. The van der Waals surface area contributed by atoms with Crippen molar-refractivity contribution in [2.24, 2.45) is 5.41 Å². The van der Waals surface area contributed by atoms with Gasteiger partial charge in [-0.15, -0.1) is 0 Å². The fraction of sp³-hybridized carbons (Fsp3) is 0.357. The van der Waals surface area contributed by atoms with Crippen LogP contribution in [0.2, 0.25) is 0 Å². The van der Waals surface area contributed by atoms with Crippen LogP contribution in [-0.2, 0) is 0 Å². The van der Waals surface area contributed by atoms with Gasteiger partial charge in [0.05, 0.1) is 5.52 Å². The van der Waals surface area contributed by atoms with E-state index in [1.165, 1.54) is 0 Å². The van der Waals surface area contributed by atoms with Gasteiger partial charge in [-0.05, 0) is 27.4 Å². The summed E-state index contributed by atoms with van der Waals surface area (Å²) >= 11 is 3.46. The van der Waals surface area contributed by atoms with E-state index in [9.17, 15) is 4.79 Å². The lowest BCUT2D eigenvalue weighted by atomic mass is 9.97. The molecule has 0 amide bonds. The smallest absolute Gasteiger partial charge is 0.250 e. The highest BCUT2D eigenvalue weighted by molar-refractivity contribution is 9.10. The fourth-order valence-electron chi connectivity index (χ4n) is 1.75. The summed E-state index contributed by atoms with van der Waals surface area (Å²) in [5, 5.41) is 4.38. The van der Waals surface area contributed by atoms with Crippen LogP contribution in [0.1, 0.15) is 20.8 Å². The van der Waals surface area contributed by atoms with Gasteiger partial charge in [0, 0.05) is 28.2 Å². The average molecular weight is 309 g/mol. The first-order valence-electron chi connectivity index (χ1n) is 5.92. The number of hydrogen-bond acceptors (Lipinski definition) is 2. The van der Waals surface area contributed by atoms with E-state index in [4.69, 9.17) is 0 Å². The fourth-order valence-corrected chi connectivity index (χ4v) is 2.22. The number of aromatic amines is 1. The zero-order valence-electron chi connectivity index (χ0n) is 10.8. The molecule has 0 aliphatic rings. The molecular formula is C14H17BrN2O. The Morgan fingerprint density at radius 2 is 2.06 bits per heavy atom. The second-order valence-corrected chi connectivity index (χ2v) is 6.48. The largest absolute Gasteiger partial charge is 0.384 e. The Hall–Kier alpha value is -1.29. The third-order valence-electron chi connectivity index (χ3n) is 2.64. The van der Waals surface area contributed by atoms with Crippen LogP contribution in [0.4, 0.5) is 5.69 Å². The monoisotopic (exact) mass is 308 g/mol. The molecule has 0 unspecified atom stereocenters. The van der Waals surface area contributed by atoms with Gasteiger partial charge in [0.1, 0.15) is 0 Å². The summed E-state index contributed by atoms with van der Waals surface area (Å²) in [5.74, 6) is 0. The Morgan fingerprint density at radius 3 is 2.72 bits per heavy atom. The molecular weight excluding hydrogens is 292 g/mol. The molecule has 1 aromatic carbocycles. The summed E-state index contributed by atoms with van der Waals surface area (Å²) < 4.78 is 0.900. The number of nitrogens with one attached hydrogen (secondary N) is 2. The SMILES string of the molecule is CC(C)(C)CNc1cc(=O)[nH]c2c(Br)cccc12. The molecule has 0 spiro atoms. The number of anilines is 1. The first-order chi connectivity index (χ1) is 8.37. The summed E-state index contributed by atoms with van der Waals surface area (Å²) in [4.78, 5) is 14.5. The molecule has 0 radical (unpaired) electrons.